The fraction of sp³-hybridized carbons (Fsp3) is 0.381. The van der Waals surface area contributed by atoms with Gasteiger partial charge in [-0.3, -0.25) is 9.59 Å². The Balaban J connectivity index is 1.74. The van der Waals surface area contributed by atoms with Crippen LogP contribution in [0.15, 0.2) is 36.5 Å². The summed E-state index contributed by atoms with van der Waals surface area (Å²) in [5.41, 5.74) is 2.18. The summed E-state index contributed by atoms with van der Waals surface area (Å²) in [6.07, 6.45) is 2.17. The molecule has 7 nitrogen and oxygen atoms in total. The average molecular weight is 400 g/mol. The summed E-state index contributed by atoms with van der Waals surface area (Å²) in [5.74, 6) is 0.0289. The van der Waals surface area contributed by atoms with Gasteiger partial charge < -0.3 is 20.3 Å². The van der Waals surface area contributed by atoms with E-state index >= 15 is 0 Å². The number of hydrogen-bond acceptors (Lipinski definition) is 5. The van der Waals surface area contributed by atoms with Gasteiger partial charge in [0.2, 0.25) is 5.91 Å². The lowest BCUT2D eigenvalue weighted by Gasteiger charge is -2.20. The maximum Gasteiger partial charge on any atom is 0.252 e. The summed E-state index contributed by atoms with van der Waals surface area (Å²) in [6.45, 7) is 3.33. The summed E-state index contributed by atoms with van der Waals surface area (Å²) in [5, 5.41) is 6.10. The van der Waals surface area contributed by atoms with Gasteiger partial charge in [-0.2, -0.15) is 0 Å². The van der Waals surface area contributed by atoms with Crippen molar-refractivity contribution in [2.24, 2.45) is 0 Å². The molecule has 0 aliphatic carbocycles. The van der Waals surface area contributed by atoms with E-state index < -0.39 is 0 Å². The molecule has 1 aromatic heterocycles. The number of pyridine rings is 1. The van der Waals surface area contributed by atoms with Crippen LogP contribution in [0.4, 0.5) is 10.2 Å². The number of halogens is 1. The molecule has 1 atom stereocenters. The SMILES string of the molecule is COCCNC(=O)c1ccc(NC2CCN(C(C)=O)Cc3cc(F)ccc32)nc1. The van der Waals surface area contributed by atoms with E-state index in [4.69, 9.17) is 4.74 Å². The van der Waals surface area contributed by atoms with E-state index in [-0.39, 0.29) is 23.7 Å². The third kappa shape index (κ3) is 5.29. The molecule has 0 radical (unpaired) electrons. The molecule has 2 N–H and O–H groups in total. The van der Waals surface area contributed by atoms with Gasteiger partial charge in [-0.25, -0.2) is 9.37 Å². The Morgan fingerprint density at radius 3 is 2.83 bits per heavy atom. The quantitative estimate of drug-likeness (QED) is 0.728. The molecule has 2 amide bonds. The zero-order chi connectivity index (χ0) is 20.8. The number of aromatic nitrogens is 1. The van der Waals surface area contributed by atoms with Crippen molar-refractivity contribution in [1.29, 1.82) is 0 Å². The van der Waals surface area contributed by atoms with Crippen LogP contribution < -0.4 is 10.6 Å². The number of amides is 2. The summed E-state index contributed by atoms with van der Waals surface area (Å²) >= 11 is 0. The standard InChI is InChI=1S/C21H25FN4O3/c1-14(27)26-9-7-19(18-5-4-17(22)11-16(18)13-26)25-20-6-3-15(12-24-20)21(28)23-8-10-29-2/h3-6,11-12,19H,7-10,13H2,1-2H3,(H,23,28)(H,24,25). The van der Waals surface area contributed by atoms with E-state index in [1.165, 1.54) is 25.3 Å². The van der Waals surface area contributed by atoms with Crippen LogP contribution >= 0.6 is 0 Å². The van der Waals surface area contributed by atoms with E-state index in [2.05, 4.69) is 15.6 Å². The van der Waals surface area contributed by atoms with Crippen LogP contribution in [-0.2, 0) is 16.1 Å². The molecule has 1 aromatic carbocycles. The number of ether oxygens (including phenoxy) is 1. The van der Waals surface area contributed by atoms with E-state index in [1.54, 1.807) is 30.2 Å². The van der Waals surface area contributed by atoms with Crippen molar-refractivity contribution in [3.8, 4) is 0 Å². The number of anilines is 1. The fourth-order valence-electron chi connectivity index (χ4n) is 3.36. The molecular weight excluding hydrogens is 375 g/mol. The first-order valence-corrected chi connectivity index (χ1v) is 9.51. The van der Waals surface area contributed by atoms with Crippen molar-refractivity contribution in [2.75, 3.05) is 32.1 Å². The minimum Gasteiger partial charge on any atom is -0.383 e. The highest BCUT2D eigenvalue weighted by atomic mass is 19.1. The normalized spacial score (nSPS) is 16.0. The van der Waals surface area contributed by atoms with Crippen LogP contribution in [0, 0.1) is 5.82 Å². The zero-order valence-corrected chi connectivity index (χ0v) is 16.6. The first kappa shape index (κ1) is 20.7. The first-order valence-electron chi connectivity index (χ1n) is 9.51. The minimum absolute atomic E-state index is 0.0391. The zero-order valence-electron chi connectivity index (χ0n) is 16.6. The number of rotatable bonds is 6. The lowest BCUT2D eigenvalue weighted by molar-refractivity contribution is -0.129. The molecule has 1 aliphatic heterocycles. The molecule has 154 valence electrons. The highest BCUT2D eigenvalue weighted by Gasteiger charge is 2.24. The van der Waals surface area contributed by atoms with E-state index in [1.807, 2.05) is 0 Å². The summed E-state index contributed by atoms with van der Waals surface area (Å²) in [4.78, 5) is 30.0. The molecule has 0 saturated heterocycles. The van der Waals surface area contributed by atoms with Gasteiger partial charge in [-0.1, -0.05) is 6.07 Å². The predicted molar refractivity (Wildman–Crippen MR) is 107 cm³/mol. The van der Waals surface area contributed by atoms with Crippen molar-refractivity contribution >= 4 is 17.6 Å². The van der Waals surface area contributed by atoms with Gasteiger partial charge in [0.1, 0.15) is 11.6 Å². The first-order chi connectivity index (χ1) is 14.0. The van der Waals surface area contributed by atoms with Gasteiger partial charge >= 0.3 is 0 Å². The average Bonchev–Trinajstić information content (AvgIpc) is 2.88. The van der Waals surface area contributed by atoms with Crippen LogP contribution in [0.3, 0.4) is 0 Å². The molecule has 1 unspecified atom stereocenters. The molecule has 1 aliphatic rings. The van der Waals surface area contributed by atoms with Crippen molar-refractivity contribution < 1.29 is 18.7 Å². The number of nitrogens with one attached hydrogen (secondary N) is 2. The second kappa shape index (κ2) is 9.47. The Labute approximate surface area is 169 Å². The summed E-state index contributed by atoms with van der Waals surface area (Å²) in [7, 11) is 1.57. The Morgan fingerprint density at radius 2 is 2.14 bits per heavy atom. The number of carbonyl (C=O) groups excluding carboxylic acids is 2. The second-order valence-corrected chi connectivity index (χ2v) is 6.95. The maximum atomic E-state index is 13.8. The molecule has 2 heterocycles. The Hall–Kier alpha value is -3.00. The van der Waals surface area contributed by atoms with Gasteiger partial charge in [0.05, 0.1) is 18.2 Å². The van der Waals surface area contributed by atoms with Gasteiger partial charge in [-0.05, 0) is 41.8 Å². The highest BCUT2D eigenvalue weighted by molar-refractivity contribution is 5.94. The van der Waals surface area contributed by atoms with Crippen LogP contribution in [0.5, 0.6) is 0 Å². The number of carbonyl (C=O) groups is 2. The van der Waals surface area contributed by atoms with E-state index in [0.29, 0.717) is 44.0 Å². The van der Waals surface area contributed by atoms with Crippen LogP contribution in [0.1, 0.15) is 40.9 Å². The molecule has 0 saturated carbocycles. The van der Waals surface area contributed by atoms with E-state index in [0.717, 1.165) is 11.1 Å². The van der Waals surface area contributed by atoms with Crippen molar-refractivity contribution in [1.82, 2.24) is 15.2 Å². The maximum absolute atomic E-state index is 13.8. The summed E-state index contributed by atoms with van der Waals surface area (Å²) in [6, 6.07) is 7.97. The lowest BCUT2D eigenvalue weighted by Crippen LogP contribution is -2.28. The molecule has 3 rings (SSSR count). The van der Waals surface area contributed by atoms with Gasteiger partial charge in [0.15, 0.2) is 0 Å². The highest BCUT2D eigenvalue weighted by Crippen LogP contribution is 2.30. The van der Waals surface area contributed by atoms with Crippen LogP contribution in [-0.4, -0.2) is 48.5 Å². The third-order valence-electron chi connectivity index (χ3n) is 4.91. The number of benzene rings is 1. The largest absolute Gasteiger partial charge is 0.383 e. The van der Waals surface area contributed by atoms with Crippen LogP contribution in [0.2, 0.25) is 0 Å². The van der Waals surface area contributed by atoms with Crippen molar-refractivity contribution in [3.63, 3.8) is 0 Å². The minimum atomic E-state index is -0.324. The van der Waals surface area contributed by atoms with Gasteiger partial charge in [0, 0.05) is 39.9 Å². The fourth-order valence-corrected chi connectivity index (χ4v) is 3.36. The lowest BCUT2D eigenvalue weighted by atomic mass is 9.99. The molecular formula is C21H25FN4O3. The molecule has 2 aromatic rings. The topological polar surface area (TPSA) is 83.6 Å². The Morgan fingerprint density at radius 1 is 1.31 bits per heavy atom. The predicted octanol–water partition coefficient (Wildman–Crippen LogP) is 2.50. The molecule has 8 heteroatoms. The van der Waals surface area contributed by atoms with Crippen molar-refractivity contribution in [3.05, 3.63) is 59.0 Å². The molecule has 0 bridgehead atoms. The molecule has 0 spiro atoms. The summed E-state index contributed by atoms with van der Waals surface area (Å²) < 4.78 is 18.7. The number of methoxy groups -OCH3 is 1. The smallest absolute Gasteiger partial charge is 0.252 e. The van der Waals surface area contributed by atoms with Gasteiger partial charge in [0.25, 0.3) is 5.91 Å². The number of fused-ring (bicyclic) bond motifs is 1. The van der Waals surface area contributed by atoms with Crippen molar-refractivity contribution in [2.45, 2.75) is 25.9 Å². The number of nitrogens with zero attached hydrogens (tertiary/aromatic N) is 2. The molecule has 0 fully saturated rings. The van der Waals surface area contributed by atoms with Crippen LogP contribution in [0.25, 0.3) is 0 Å². The molecule has 29 heavy (non-hydrogen) atoms. The monoisotopic (exact) mass is 400 g/mol. The second-order valence-electron chi connectivity index (χ2n) is 6.95. The Kier molecular flexibility index (Phi) is 6.77. The number of hydrogen-bond donors (Lipinski definition) is 2. The Bertz CT molecular complexity index is 873. The van der Waals surface area contributed by atoms with Gasteiger partial charge in [-0.15, -0.1) is 0 Å². The van der Waals surface area contributed by atoms with E-state index in [9.17, 15) is 14.0 Å². The third-order valence-corrected chi connectivity index (χ3v) is 4.91.